The lowest BCUT2D eigenvalue weighted by Crippen LogP contribution is -2.18. The molecule has 2 aromatic carbocycles. The predicted molar refractivity (Wildman–Crippen MR) is 87.1 cm³/mol. The molecule has 0 atom stereocenters. The molecule has 0 radical (unpaired) electrons. The van der Waals surface area contributed by atoms with Crippen molar-refractivity contribution in [3.05, 3.63) is 83.6 Å². The molecule has 110 valence electrons. The van der Waals surface area contributed by atoms with Gasteiger partial charge in [-0.25, -0.2) is 0 Å². The van der Waals surface area contributed by atoms with Crippen molar-refractivity contribution in [1.29, 1.82) is 0 Å². The summed E-state index contributed by atoms with van der Waals surface area (Å²) in [5, 5.41) is 11.2. The number of hydroxylamine groups is 2. The van der Waals surface area contributed by atoms with E-state index in [1.54, 1.807) is 12.2 Å². The van der Waals surface area contributed by atoms with Gasteiger partial charge >= 0.3 is 0 Å². The van der Waals surface area contributed by atoms with Crippen LogP contribution in [0.25, 0.3) is 11.6 Å². The average Bonchev–Trinajstić information content (AvgIpc) is 2.56. The molecule has 0 bridgehead atoms. The van der Waals surface area contributed by atoms with E-state index >= 15 is 0 Å². The standard InChI is InChI=1S/C19H17NO2/c21-19-11-10-16-8-4-5-9-17(16)18(19)14-20(22)13-12-15-6-2-1-3-7-15/h1-11,14,22H,12-13H2/b18-14+. The van der Waals surface area contributed by atoms with Gasteiger partial charge in [0, 0.05) is 18.3 Å². The number of hydrogen-bond acceptors (Lipinski definition) is 3. The van der Waals surface area contributed by atoms with Crippen LogP contribution in [0.2, 0.25) is 0 Å². The Balaban J connectivity index is 1.76. The number of fused-ring (bicyclic) bond motifs is 1. The van der Waals surface area contributed by atoms with Crippen molar-refractivity contribution in [2.75, 3.05) is 6.54 Å². The lowest BCUT2D eigenvalue weighted by molar-refractivity contribution is -0.109. The van der Waals surface area contributed by atoms with Crippen LogP contribution < -0.4 is 0 Å². The van der Waals surface area contributed by atoms with Gasteiger partial charge in [-0.3, -0.25) is 15.1 Å². The maximum Gasteiger partial charge on any atom is 0.188 e. The Kier molecular flexibility index (Phi) is 4.17. The number of allylic oxidation sites excluding steroid dienone is 2. The molecule has 22 heavy (non-hydrogen) atoms. The maximum absolute atomic E-state index is 12.1. The van der Waals surface area contributed by atoms with E-state index in [-0.39, 0.29) is 5.78 Å². The van der Waals surface area contributed by atoms with Crippen molar-refractivity contribution in [3.8, 4) is 0 Å². The van der Waals surface area contributed by atoms with Crippen LogP contribution in [0, 0.1) is 0 Å². The van der Waals surface area contributed by atoms with Crippen LogP contribution in [-0.4, -0.2) is 22.6 Å². The molecular formula is C19H17NO2. The minimum absolute atomic E-state index is 0.0857. The molecule has 1 aliphatic carbocycles. The molecule has 1 aliphatic rings. The lowest BCUT2D eigenvalue weighted by Gasteiger charge is -2.17. The number of carbonyl (C=O) groups excluding carboxylic acids is 1. The van der Waals surface area contributed by atoms with Gasteiger partial charge in [-0.05, 0) is 29.2 Å². The van der Waals surface area contributed by atoms with Gasteiger partial charge in [0.15, 0.2) is 5.78 Å². The van der Waals surface area contributed by atoms with Crippen LogP contribution >= 0.6 is 0 Å². The number of ketones is 1. The zero-order valence-electron chi connectivity index (χ0n) is 12.1. The summed E-state index contributed by atoms with van der Waals surface area (Å²) in [6.07, 6.45) is 5.58. The third-order valence-corrected chi connectivity index (χ3v) is 3.68. The molecule has 2 aromatic rings. The molecule has 0 aromatic heterocycles. The summed E-state index contributed by atoms with van der Waals surface area (Å²) in [4.78, 5) is 12.1. The fourth-order valence-corrected chi connectivity index (χ4v) is 2.51. The van der Waals surface area contributed by atoms with Gasteiger partial charge in [-0.1, -0.05) is 60.7 Å². The highest BCUT2D eigenvalue weighted by Crippen LogP contribution is 2.26. The lowest BCUT2D eigenvalue weighted by atomic mass is 9.92. The van der Waals surface area contributed by atoms with Crippen molar-refractivity contribution in [2.45, 2.75) is 6.42 Å². The Morgan fingerprint density at radius 2 is 1.68 bits per heavy atom. The molecule has 0 saturated carbocycles. The van der Waals surface area contributed by atoms with E-state index in [0.29, 0.717) is 18.5 Å². The molecule has 1 N–H and O–H groups in total. The van der Waals surface area contributed by atoms with Gasteiger partial charge in [-0.2, -0.15) is 0 Å². The monoisotopic (exact) mass is 291 g/mol. The maximum atomic E-state index is 12.1. The zero-order valence-corrected chi connectivity index (χ0v) is 12.1. The SMILES string of the molecule is O=C1C=Cc2ccccc2/C1=C\N(O)CCc1ccccc1. The molecule has 0 spiro atoms. The first-order valence-corrected chi connectivity index (χ1v) is 7.27. The molecule has 3 nitrogen and oxygen atoms in total. The van der Waals surface area contributed by atoms with Crippen molar-refractivity contribution in [1.82, 2.24) is 5.06 Å². The van der Waals surface area contributed by atoms with Crippen LogP contribution in [0.5, 0.6) is 0 Å². The highest BCUT2D eigenvalue weighted by molar-refractivity contribution is 6.29. The first-order valence-electron chi connectivity index (χ1n) is 7.27. The third kappa shape index (κ3) is 3.15. The Hall–Kier alpha value is -2.65. The second-order valence-electron chi connectivity index (χ2n) is 5.23. The predicted octanol–water partition coefficient (Wildman–Crippen LogP) is 3.56. The van der Waals surface area contributed by atoms with Crippen molar-refractivity contribution >= 4 is 17.4 Å². The summed E-state index contributed by atoms with van der Waals surface area (Å²) >= 11 is 0. The first-order chi connectivity index (χ1) is 10.7. The smallest absolute Gasteiger partial charge is 0.188 e. The second-order valence-corrected chi connectivity index (χ2v) is 5.23. The van der Waals surface area contributed by atoms with Crippen LogP contribution in [0.15, 0.2) is 66.9 Å². The molecule has 0 unspecified atom stereocenters. The van der Waals surface area contributed by atoms with Crippen molar-refractivity contribution in [3.63, 3.8) is 0 Å². The van der Waals surface area contributed by atoms with Gasteiger partial charge in [0.05, 0.1) is 0 Å². The van der Waals surface area contributed by atoms with Gasteiger partial charge in [0.2, 0.25) is 0 Å². The Bertz CT molecular complexity index is 732. The number of carbonyl (C=O) groups is 1. The molecule has 0 fully saturated rings. The van der Waals surface area contributed by atoms with Crippen LogP contribution in [-0.2, 0) is 11.2 Å². The van der Waals surface area contributed by atoms with Gasteiger partial charge < -0.3 is 0 Å². The minimum atomic E-state index is -0.0857. The summed E-state index contributed by atoms with van der Waals surface area (Å²) < 4.78 is 0. The van der Waals surface area contributed by atoms with E-state index in [4.69, 9.17) is 0 Å². The quantitative estimate of drug-likeness (QED) is 0.691. The Morgan fingerprint density at radius 1 is 0.955 bits per heavy atom. The van der Waals surface area contributed by atoms with E-state index < -0.39 is 0 Å². The summed E-state index contributed by atoms with van der Waals surface area (Å²) in [5.74, 6) is -0.0857. The summed E-state index contributed by atoms with van der Waals surface area (Å²) in [5.41, 5.74) is 3.52. The largest absolute Gasteiger partial charge is 0.289 e. The number of benzene rings is 2. The number of nitrogens with zero attached hydrogens (tertiary/aromatic N) is 1. The highest BCUT2D eigenvalue weighted by Gasteiger charge is 2.17. The molecule has 0 saturated heterocycles. The molecule has 3 rings (SSSR count). The van der Waals surface area contributed by atoms with E-state index in [1.807, 2.05) is 54.6 Å². The van der Waals surface area contributed by atoms with Crippen LogP contribution in [0.1, 0.15) is 16.7 Å². The number of rotatable bonds is 4. The van der Waals surface area contributed by atoms with Crippen LogP contribution in [0.3, 0.4) is 0 Å². The van der Waals surface area contributed by atoms with E-state index in [0.717, 1.165) is 21.8 Å². The van der Waals surface area contributed by atoms with Gasteiger partial charge in [0.1, 0.15) is 0 Å². The van der Waals surface area contributed by atoms with Gasteiger partial charge in [0.25, 0.3) is 0 Å². The topological polar surface area (TPSA) is 40.5 Å². The summed E-state index contributed by atoms with van der Waals surface area (Å²) in [7, 11) is 0. The van der Waals surface area contributed by atoms with Crippen molar-refractivity contribution in [2.24, 2.45) is 0 Å². The average molecular weight is 291 g/mol. The van der Waals surface area contributed by atoms with Gasteiger partial charge in [-0.15, -0.1) is 0 Å². The van der Waals surface area contributed by atoms with Crippen molar-refractivity contribution < 1.29 is 10.0 Å². The van der Waals surface area contributed by atoms with E-state index in [2.05, 4.69) is 0 Å². The Labute approximate surface area is 129 Å². The highest BCUT2D eigenvalue weighted by atomic mass is 16.5. The Morgan fingerprint density at radius 3 is 2.50 bits per heavy atom. The van der Waals surface area contributed by atoms with E-state index in [9.17, 15) is 10.0 Å². The first kappa shape index (κ1) is 14.3. The molecule has 0 aliphatic heterocycles. The number of hydrogen-bond donors (Lipinski definition) is 1. The summed E-state index contributed by atoms with van der Waals surface area (Å²) in [6, 6.07) is 17.6. The van der Waals surface area contributed by atoms with E-state index in [1.165, 1.54) is 6.20 Å². The fraction of sp³-hybridized carbons (Fsp3) is 0.105. The third-order valence-electron chi connectivity index (χ3n) is 3.68. The molecule has 0 amide bonds. The molecule has 0 heterocycles. The second kappa shape index (κ2) is 6.41. The van der Waals surface area contributed by atoms with Crippen LogP contribution in [0.4, 0.5) is 0 Å². The zero-order chi connectivity index (χ0) is 15.4. The normalized spacial score (nSPS) is 15.0. The fourth-order valence-electron chi connectivity index (χ4n) is 2.51. The minimum Gasteiger partial charge on any atom is -0.289 e. The molecule has 3 heteroatoms. The summed E-state index contributed by atoms with van der Waals surface area (Å²) in [6.45, 7) is 0.437. The molecular weight excluding hydrogens is 274 g/mol.